The smallest absolute Gasteiger partial charge is 0.261 e. The van der Waals surface area contributed by atoms with Crippen LogP contribution in [0.1, 0.15) is 52.1 Å². The lowest BCUT2D eigenvalue weighted by atomic mass is 9.83. The molecule has 7 heteroatoms. The molecule has 0 aliphatic carbocycles. The zero-order valence-corrected chi connectivity index (χ0v) is 20.0. The quantitative estimate of drug-likeness (QED) is 0.430. The fourth-order valence-electron chi connectivity index (χ4n) is 5.95. The van der Waals surface area contributed by atoms with Crippen LogP contribution >= 0.6 is 0 Å². The number of anilines is 1. The van der Waals surface area contributed by atoms with E-state index in [1.165, 1.54) is 10.6 Å². The van der Waals surface area contributed by atoms with Crippen molar-refractivity contribution in [2.45, 2.75) is 31.2 Å². The molecule has 0 radical (unpaired) electrons. The Bertz CT molecular complexity index is 1260. The predicted molar refractivity (Wildman–Crippen MR) is 134 cm³/mol. The van der Waals surface area contributed by atoms with Gasteiger partial charge in [-0.1, -0.05) is 12.1 Å². The molecule has 1 spiro atoms. The monoisotopic (exact) mass is 470 g/mol. The standard InChI is InChI=1S/C28H30N4O3/c1-35-20-11-12-24-23(18-20)29-28(25-10-6-17-31(24)25)13-7-15-30(19-28)14-4-5-16-32-26(33)21-8-2-3-9-22(21)27(32)34/h2-3,6,8-12,17-18,29H,4-5,7,13-16,19H2,1H3/t28-/m1/s1. The number of aromatic nitrogens is 1. The Morgan fingerprint density at radius 1 is 0.971 bits per heavy atom. The lowest BCUT2D eigenvalue weighted by Gasteiger charge is -2.47. The Morgan fingerprint density at radius 3 is 2.51 bits per heavy atom. The predicted octanol–water partition coefficient (Wildman–Crippen LogP) is 4.28. The molecule has 180 valence electrons. The van der Waals surface area contributed by atoms with Crippen LogP contribution in [-0.2, 0) is 5.54 Å². The number of carbonyl (C=O) groups excluding carboxylic acids is 2. The normalized spacial score (nSPS) is 21.0. The van der Waals surface area contributed by atoms with Gasteiger partial charge in [0.2, 0.25) is 0 Å². The molecule has 3 aliphatic heterocycles. The van der Waals surface area contributed by atoms with Crippen molar-refractivity contribution >= 4 is 17.5 Å². The van der Waals surface area contributed by atoms with Crippen molar-refractivity contribution in [2.75, 3.05) is 38.6 Å². The summed E-state index contributed by atoms with van der Waals surface area (Å²) in [6.07, 6.45) is 6.06. The molecular formula is C28H30N4O3. The van der Waals surface area contributed by atoms with Crippen molar-refractivity contribution in [1.82, 2.24) is 14.4 Å². The molecule has 35 heavy (non-hydrogen) atoms. The highest BCUT2D eigenvalue weighted by Gasteiger charge is 2.42. The molecule has 1 N–H and O–H groups in total. The number of methoxy groups -OCH3 is 1. The first kappa shape index (κ1) is 21.9. The largest absolute Gasteiger partial charge is 0.497 e. The Labute approximate surface area is 205 Å². The van der Waals surface area contributed by atoms with Crippen LogP contribution < -0.4 is 10.1 Å². The summed E-state index contributed by atoms with van der Waals surface area (Å²) < 4.78 is 7.78. The van der Waals surface area contributed by atoms with Crippen molar-refractivity contribution in [3.8, 4) is 11.4 Å². The molecule has 0 bridgehead atoms. The van der Waals surface area contributed by atoms with Gasteiger partial charge in [-0.05, 0) is 75.2 Å². The minimum atomic E-state index is -0.163. The van der Waals surface area contributed by atoms with Gasteiger partial charge >= 0.3 is 0 Å². The molecule has 7 nitrogen and oxygen atoms in total. The Hall–Kier alpha value is -3.58. The van der Waals surface area contributed by atoms with Crippen molar-refractivity contribution in [1.29, 1.82) is 0 Å². The number of hydrogen-bond donors (Lipinski definition) is 1. The molecule has 1 saturated heterocycles. The van der Waals surface area contributed by atoms with Gasteiger partial charge in [0.15, 0.2) is 0 Å². The van der Waals surface area contributed by atoms with E-state index in [9.17, 15) is 9.59 Å². The van der Waals surface area contributed by atoms with Crippen LogP contribution in [0, 0.1) is 0 Å². The summed E-state index contributed by atoms with van der Waals surface area (Å²) >= 11 is 0. The van der Waals surface area contributed by atoms with Gasteiger partial charge in [0.1, 0.15) is 5.75 Å². The zero-order chi connectivity index (χ0) is 24.0. The number of imide groups is 1. The second-order valence-corrected chi connectivity index (χ2v) is 9.75. The summed E-state index contributed by atoms with van der Waals surface area (Å²) in [5.41, 5.74) is 4.45. The molecule has 3 aromatic rings. The van der Waals surface area contributed by atoms with Crippen LogP contribution in [0.15, 0.2) is 60.8 Å². The Kier molecular flexibility index (Phi) is 5.37. The van der Waals surface area contributed by atoms with Crippen LogP contribution in [0.25, 0.3) is 5.69 Å². The molecule has 2 amide bonds. The molecule has 1 aromatic heterocycles. The average molecular weight is 471 g/mol. The van der Waals surface area contributed by atoms with E-state index in [0.717, 1.165) is 62.4 Å². The number of carbonyl (C=O) groups is 2. The minimum Gasteiger partial charge on any atom is -0.497 e. The molecule has 1 fully saturated rings. The number of nitrogens with zero attached hydrogens (tertiary/aromatic N) is 3. The number of nitrogens with one attached hydrogen (secondary N) is 1. The van der Waals surface area contributed by atoms with Gasteiger partial charge in [0.05, 0.1) is 35.2 Å². The summed E-state index contributed by atoms with van der Waals surface area (Å²) in [5.74, 6) is 0.524. The highest BCUT2D eigenvalue weighted by molar-refractivity contribution is 6.21. The lowest BCUT2D eigenvalue weighted by Crippen LogP contribution is -2.53. The summed E-state index contributed by atoms with van der Waals surface area (Å²) in [7, 11) is 1.70. The van der Waals surface area contributed by atoms with Gasteiger partial charge < -0.3 is 19.5 Å². The summed E-state index contributed by atoms with van der Waals surface area (Å²) in [4.78, 5) is 29.2. The number of fused-ring (bicyclic) bond motifs is 5. The third-order valence-corrected chi connectivity index (χ3v) is 7.63. The van der Waals surface area contributed by atoms with Gasteiger partial charge in [0.25, 0.3) is 11.8 Å². The molecule has 3 aliphatic rings. The van der Waals surface area contributed by atoms with E-state index in [4.69, 9.17) is 4.74 Å². The number of unbranched alkanes of at least 4 members (excludes halogenated alkanes) is 1. The first-order valence-corrected chi connectivity index (χ1v) is 12.4. The van der Waals surface area contributed by atoms with E-state index < -0.39 is 0 Å². The van der Waals surface area contributed by atoms with Gasteiger partial charge in [-0.15, -0.1) is 0 Å². The Morgan fingerprint density at radius 2 is 1.74 bits per heavy atom. The molecule has 0 saturated carbocycles. The second-order valence-electron chi connectivity index (χ2n) is 9.75. The SMILES string of the molecule is COc1ccc2c(c1)N[C@@]1(CCCN(CCCCN3C(=O)c4ccccc4C3=O)C1)c1cccn1-2. The van der Waals surface area contributed by atoms with Crippen LogP contribution in [0.2, 0.25) is 0 Å². The van der Waals surface area contributed by atoms with Crippen LogP contribution in [0.4, 0.5) is 5.69 Å². The van der Waals surface area contributed by atoms with E-state index >= 15 is 0 Å². The maximum Gasteiger partial charge on any atom is 0.261 e. The Balaban J connectivity index is 1.11. The van der Waals surface area contributed by atoms with Gasteiger partial charge in [-0.2, -0.15) is 0 Å². The van der Waals surface area contributed by atoms with Crippen molar-refractivity contribution < 1.29 is 14.3 Å². The zero-order valence-electron chi connectivity index (χ0n) is 20.0. The third-order valence-electron chi connectivity index (χ3n) is 7.63. The van der Waals surface area contributed by atoms with Crippen molar-refractivity contribution in [3.63, 3.8) is 0 Å². The van der Waals surface area contributed by atoms with Gasteiger partial charge in [-0.3, -0.25) is 14.5 Å². The number of ether oxygens (including phenoxy) is 1. The minimum absolute atomic E-state index is 0.149. The molecule has 6 rings (SSSR count). The first-order chi connectivity index (χ1) is 17.1. The summed E-state index contributed by atoms with van der Waals surface area (Å²) in [5, 5.41) is 3.88. The highest BCUT2D eigenvalue weighted by atomic mass is 16.5. The van der Waals surface area contributed by atoms with E-state index in [1.54, 1.807) is 19.2 Å². The summed E-state index contributed by atoms with van der Waals surface area (Å²) in [6, 6.07) is 17.6. The van der Waals surface area contributed by atoms with E-state index in [0.29, 0.717) is 17.7 Å². The van der Waals surface area contributed by atoms with Crippen molar-refractivity contribution in [3.05, 3.63) is 77.6 Å². The van der Waals surface area contributed by atoms with Crippen LogP contribution in [-0.4, -0.2) is 59.5 Å². The molecule has 4 heterocycles. The number of amides is 2. The van der Waals surface area contributed by atoms with Gasteiger partial charge in [-0.25, -0.2) is 0 Å². The number of rotatable bonds is 6. The fourth-order valence-corrected chi connectivity index (χ4v) is 5.95. The lowest BCUT2D eigenvalue weighted by molar-refractivity contribution is 0.0649. The highest BCUT2D eigenvalue weighted by Crippen LogP contribution is 2.43. The number of likely N-dealkylation sites (tertiary alicyclic amines) is 1. The summed E-state index contributed by atoms with van der Waals surface area (Å²) in [6.45, 7) is 3.39. The molecule has 0 unspecified atom stereocenters. The number of hydrogen-bond acceptors (Lipinski definition) is 5. The average Bonchev–Trinajstić information content (AvgIpc) is 3.47. The topological polar surface area (TPSA) is 66.8 Å². The molecule has 2 aromatic carbocycles. The molecular weight excluding hydrogens is 440 g/mol. The first-order valence-electron chi connectivity index (χ1n) is 12.4. The third kappa shape index (κ3) is 3.62. The van der Waals surface area contributed by atoms with E-state index in [1.807, 2.05) is 18.2 Å². The molecule has 1 atom stereocenters. The van der Waals surface area contributed by atoms with E-state index in [-0.39, 0.29) is 17.4 Å². The van der Waals surface area contributed by atoms with Crippen LogP contribution in [0.5, 0.6) is 5.75 Å². The van der Waals surface area contributed by atoms with E-state index in [2.05, 4.69) is 45.2 Å². The van der Waals surface area contributed by atoms with Gasteiger partial charge in [0, 0.05) is 31.0 Å². The second kappa shape index (κ2) is 8.57. The maximum atomic E-state index is 12.6. The van der Waals surface area contributed by atoms with Crippen molar-refractivity contribution in [2.24, 2.45) is 0 Å². The maximum absolute atomic E-state index is 12.6. The fraction of sp³-hybridized carbons (Fsp3) is 0.357. The number of benzene rings is 2. The van der Waals surface area contributed by atoms with Crippen LogP contribution in [0.3, 0.4) is 0 Å². The number of piperidine rings is 1.